The van der Waals surface area contributed by atoms with E-state index in [0.29, 0.717) is 16.2 Å². The van der Waals surface area contributed by atoms with Gasteiger partial charge in [0.15, 0.2) is 15.8 Å². The molecule has 7 nitrogen and oxygen atoms in total. The van der Waals surface area contributed by atoms with E-state index < -0.39 is 11.8 Å². The maximum absolute atomic E-state index is 12.7. The molecule has 1 heterocycles. The standard InChI is InChI=1S/C19H16N2O5S2/c1-25-14-6-4-3-5-12(14)17(23)20-21-18(24)16(28-19(21)27)10-11-7-8-13(22)15(9-11)26-2/h3-10,22H,1-2H3,(H,20,23). The van der Waals surface area contributed by atoms with Gasteiger partial charge in [0, 0.05) is 0 Å². The number of para-hydroxylation sites is 1. The molecule has 0 saturated carbocycles. The number of carbonyl (C=O) groups excluding carboxylic acids is 2. The quantitative estimate of drug-likeness (QED) is 0.572. The summed E-state index contributed by atoms with van der Waals surface area (Å²) < 4.78 is 10.4. The Balaban J connectivity index is 1.81. The molecule has 0 unspecified atom stereocenters. The first kappa shape index (κ1) is 19.7. The number of hydrazine groups is 1. The molecule has 2 aromatic rings. The van der Waals surface area contributed by atoms with Crippen molar-refractivity contribution in [3.05, 3.63) is 58.5 Å². The van der Waals surface area contributed by atoms with Crippen LogP contribution in [0.4, 0.5) is 0 Å². The van der Waals surface area contributed by atoms with Crippen LogP contribution in [-0.4, -0.2) is 40.5 Å². The fourth-order valence-electron chi connectivity index (χ4n) is 2.49. The molecule has 1 aliphatic heterocycles. The number of hydrogen-bond donors (Lipinski definition) is 2. The second-order valence-electron chi connectivity index (χ2n) is 5.59. The average Bonchev–Trinajstić information content (AvgIpc) is 2.96. The molecule has 1 fully saturated rings. The highest BCUT2D eigenvalue weighted by molar-refractivity contribution is 8.26. The summed E-state index contributed by atoms with van der Waals surface area (Å²) in [6.07, 6.45) is 1.61. The van der Waals surface area contributed by atoms with Crippen LogP contribution >= 0.6 is 24.0 Å². The zero-order valence-corrected chi connectivity index (χ0v) is 16.6. The smallest absolute Gasteiger partial charge is 0.285 e. The molecule has 0 atom stereocenters. The first-order valence-electron chi connectivity index (χ1n) is 8.03. The molecular weight excluding hydrogens is 400 g/mol. The third-order valence-electron chi connectivity index (χ3n) is 3.86. The number of aromatic hydroxyl groups is 1. The molecule has 2 N–H and O–H groups in total. The Morgan fingerprint density at radius 1 is 1.18 bits per heavy atom. The molecule has 2 aromatic carbocycles. The molecule has 2 amide bonds. The van der Waals surface area contributed by atoms with Crippen molar-refractivity contribution in [2.75, 3.05) is 14.2 Å². The fraction of sp³-hybridized carbons (Fsp3) is 0.105. The van der Waals surface area contributed by atoms with Gasteiger partial charge >= 0.3 is 0 Å². The molecule has 9 heteroatoms. The zero-order valence-electron chi connectivity index (χ0n) is 15.0. The number of amides is 2. The summed E-state index contributed by atoms with van der Waals surface area (Å²) in [5, 5.41) is 10.7. The fourth-order valence-corrected chi connectivity index (χ4v) is 3.67. The molecule has 0 radical (unpaired) electrons. The number of rotatable bonds is 5. The Hall–Kier alpha value is -3.04. The Labute approximate surface area is 170 Å². The minimum Gasteiger partial charge on any atom is -0.504 e. The normalized spacial score (nSPS) is 15.1. The van der Waals surface area contributed by atoms with E-state index in [2.05, 4.69) is 5.43 Å². The predicted octanol–water partition coefficient (Wildman–Crippen LogP) is 2.96. The van der Waals surface area contributed by atoms with E-state index in [1.165, 1.54) is 20.3 Å². The van der Waals surface area contributed by atoms with E-state index >= 15 is 0 Å². The van der Waals surface area contributed by atoms with Gasteiger partial charge in [0.05, 0.1) is 24.7 Å². The number of ether oxygens (including phenoxy) is 2. The van der Waals surface area contributed by atoms with Crippen molar-refractivity contribution in [1.29, 1.82) is 0 Å². The number of thiocarbonyl (C=S) groups is 1. The number of nitrogens with one attached hydrogen (secondary N) is 1. The molecule has 0 spiro atoms. The highest BCUT2D eigenvalue weighted by atomic mass is 32.2. The highest BCUT2D eigenvalue weighted by Crippen LogP contribution is 2.33. The first-order chi connectivity index (χ1) is 13.4. The van der Waals surface area contributed by atoms with E-state index in [9.17, 15) is 14.7 Å². The van der Waals surface area contributed by atoms with Gasteiger partial charge in [-0.05, 0) is 48.1 Å². The molecule has 0 aliphatic carbocycles. The van der Waals surface area contributed by atoms with Crippen LogP contribution in [0.25, 0.3) is 6.08 Å². The van der Waals surface area contributed by atoms with Crippen molar-refractivity contribution in [2.24, 2.45) is 0 Å². The van der Waals surface area contributed by atoms with Crippen LogP contribution in [0.3, 0.4) is 0 Å². The van der Waals surface area contributed by atoms with Crippen molar-refractivity contribution >= 4 is 46.2 Å². The van der Waals surface area contributed by atoms with Gasteiger partial charge in [0.2, 0.25) is 0 Å². The van der Waals surface area contributed by atoms with Gasteiger partial charge in [0.1, 0.15) is 5.75 Å². The topological polar surface area (TPSA) is 88.1 Å². The number of carbonyl (C=O) groups is 2. The lowest BCUT2D eigenvalue weighted by Gasteiger charge is -2.16. The van der Waals surface area contributed by atoms with Gasteiger partial charge in [-0.3, -0.25) is 15.0 Å². The van der Waals surface area contributed by atoms with Crippen LogP contribution in [-0.2, 0) is 4.79 Å². The number of nitrogens with zero attached hydrogens (tertiary/aromatic N) is 1. The molecule has 0 bridgehead atoms. The largest absolute Gasteiger partial charge is 0.504 e. The van der Waals surface area contributed by atoms with Crippen molar-refractivity contribution in [1.82, 2.24) is 10.4 Å². The Bertz CT molecular complexity index is 990. The second-order valence-corrected chi connectivity index (χ2v) is 7.27. The van der Waals surface area contributed by atoms with E-state index in [1.54, 1.807) is 42.5 Å². The highest BCUT2D eigenvalue weighted by Gasteiger charge is 2.34. The molecule has 144 valence electrons. The van der Waals surface area contributed by atoms with Crippen LogP contribution in [0.5, 0.6) is 17.2 Å². The Kier molecular flexibility index (Phi) is 5.86. The number of phenolic OH excluding ortho intramolecular Hbond substituents is 1. The van der Waals surface area contributed by atoms with E-state index in [4.69, 9.17) is 21.7 Å². The van der Waals surface area contributed by atoms with Gasteiger partial charge in [-0.2, -0.15) is 5.01 Å². The minimum atomic E-state index is -0.513. The van der Waals surface area contributed by atoms with Crippen molar-refractivity contribution in [3.8, 4) is 17.2 Å². The molecule has 0 aromatic heterocycles. The number of benzene rings is 2. The summed E-state index contributed by atoms with van der Waals surface area (Å²) in [5.74, 6) is -0.297. The molecule has 1 saturated heterocycles. The van der Waals surface area contributed by atoms with Gasteiger partial charge in [-0.15, -0.1) is 0 Å². The Morgan fingerprint density at radius 3 is 2.61 bits per heavy atom. The number of thioether (sulfide) groups is 1. The maximum Gasteiger partial charge on any atom is 0.285 e. The summed E-state index contributed by atoms with van der Waals surface area (Å²) in [7, 11) is 2.89. The lowest BCUT2D eigenvalue weighted by molar-refractivity contribution is -0.123. The third-order valence-corrected chi connectivity index (χ3v) is 5.16. The zero-order chi connectivity index (χ0) is 20.3. The lowest BCUT2D eigenvalue weighted by Crippen LogP contribution is -2.44. The van der Waals surface area contributed by atoms with E-state index in [-0.39, 0.29) is 21.4 Å². The molecule has 3 rings (SSSR count). The number of methoxy groups -OCH3 is 2. The van der Waals surface area contributed by atoms with Gasteiger partial charge in [0.25, 0.3) is 11.8 Å². The summed E-state index contributed by atoms with van der Waals surface area (Å²) in [4.78, 5) is 25.6. The van der Waals surface area contributed by atoms with Crippen LogP contribution in [0.1, 0.15) is 15.9 Å². The first-order valence-corrected chi connectivity index (χ1v) is 9.26. The van der Waals surface area contributed by atoms with Crippen molar-refractivity contribution in [2.45, 2.75) is 0 Å². The van der Waals surface area contributed by atoms with Crippen LogP contribution < -0.4 is 14.9 Å². The van der Waals surface area contributed by atoms with E-state index in [1.807, 2.05) is 0 Å². The predicted molar refractivity (Wildman–Crippen MR) is 110 cm³/mol. The second kappa shape index (κ2) is 8.32. The number of phenols is 1. The molecule has 1 aliphatic rings. The summed E-state index contributed by atoms with van der Waals surface area (Å²) >= 11 is 6.29. The SMILES string of the molecule is COc1cc(C=C2SC(=S)N(NC(=O)c3ccccc3OC)C2=O)ccc1O. The maximum atomic E-state index is 12.7. The summed E-state index contributed by atoms with van der Waals surface area (Å²) in [6.45, 7) is 0. The van der Waals surface area contributed by atoms with Crippen LogP contribution in [0.15, 0.2) is 47.4 Å². The number of hydrogen-bond acceptors (Lipinski definition) is 7. The summed E-state index contributed by atoms with van der Waals surface area (Å²) in [6, 6.07) is 11.4. The molecule has 28 heavy (non-hydrogen) atoms. The van der Waals surface area contributed by atoms with Gasteiger partial charge in [-0.1, -0.05) is 30.0 Å². The van der Waals surface area contributed by atoms with E-state index in [0.717, 1.165) is 16.8 Å². The lowest BCUT2D eigenvalue weighted by atomic mass is 10.2. The minimum absolute atomic E-state index is 0.00345. The van der Waals surface area contributed by atoms with Crippen LogP contribution in [0, 0.1) is 0 Å². The molecular formula is C19H16N2O5S2. The van der Waals surface area contributed by atoms with Gasteiger partial charge in [-0.25, -0.2) is 0 Å². The summed E-state index contributed by atoms with van der Waals surface area (Å²) in [5.41, 5.74) is 3.44. The Morgan fingerprint density at radius 2 is 1.89 bits per heavy atom. The van der Waals surface area contributed by atoms with Crippen LogP contribution in [0.2, 0.25) is 0 Å². The monoisotopic (exact) mass is 416 g/mol. The van der Waals surface area contributed by atoms with Crippen molar-refractivity contribution < 1.29 is 24.2 Å². The van der Waals surface area contributed by atoms with Crippen molar-refractivity contribution in [3.63, 3.8) is 0 Å². The van der Waals surface area contributed by atoms with Gasteiger partial charge < -0.3 is 14.6 Å². The third kappa shape index (κ3) is 3.95. The average molecular weight is 416 g/mol.